The smallest absolute Gasteiger partial charge is 0.252 e. The van der Waals surface area contributed by atoms with E-state index in [2.05, 4.69) is 10.3 Å². The molecule has 63 valence electrons. The number of hydrogen-bond donors (Lipinski definition) is 1. The Morgan fingerprint density at radius 1 is 1.58 bits per heavy atom. The molecule has 0 atom stereocenters. The van der Waals surface area contributed by atoms with Crippen LogP contribution in [0.1, 0.15) is 10.4 Å². The van der Waals surface area contributed by atoms with Crippen molar-refractivity contribution in [1.82, 2.24) is 10.3 Å². The molecule has 0 aromatic carbocycles. The van der Waals surface area contributed by atoms with Crippen LogP contribution >= 0.6 is 0 Å². The first-order chi connectivity index (χ1) is 5.84. The second kappa shape index (κ2) is 4.46. The Morgan fingerprint density at radius 2 is 2.42 bits per heavy atom. The van der Waals surface area contributed by atoms with Gasteiger partial charge in [-0.1, -0.05) is 0 Å². The lowest BCUT2D eigenvalue weighted by Crippen LogP contribution is -2.25. The zero-order valence-electron chi connectivity index (χ0n) is 6.49. The number of rotatable bonds is 3. The molecule has 1 amide bonds. The van der Waals surface area contributed by atoms with Crippen molar-refractivity contribution >= 4 is 5.91 Å². The Hall–Kier alpha value is -1.42. The van der Waals surface area contributed by atoms with Crippen LogP contribution in [0.3, 0.4) is 0 Å². The van der Waals surface area contributed by atoms with Gasteiger partial charge in [0.1, 0.15) is 0 Å². The van der Waals surface area contributed by atoms with Gasteiger partial charge in [-0.3, -0.25) is 9.78 Å². The maximum absolute atomic E-state index is 11.1. The minimum Gasteiger partial charge on any atom is -0.350 e. The van der Waals surface area contributed by atoms with Gasteiger partial charge in [-0.05, 0) is 12.1 Å². The van der Waals surface area contributed by atoms with Gasteiger partial charge in [0.25, 0.3) is 5.91 Å². The van der Waals surface area contributed by atoms with Crippen LogP contribution in [0, 0.1) is 0 Å². The molecule has 0 spiro atoms. The van der Waals surface area contributed by atoms with Gasteiger partial charge in [0, 0.05) is 18.9 Å². The molecule has 1 radical (unpaired) electrons. The highest BCUT2D eigenvalue weighted by atomic mass is 16.3. The van der Waals surface area contributed by atoms with Crippen LogP contribution in [0.5, 0.6) is 0 Å². The number of nitrogens with zero attached hydrogens (tertiary/aromatic N) is 1. The molecule has 0 aliphatic rings. The van der Waals surface area contributed by atoms with Crippen molar-refractivity contribution in [1.29, 1.82) is 0 Å². The van der Waals surface area contributed by atoms with Gasteiger partial charge in [0.2, 0.25) is 0 Å². The van der Waals surface area contributed by atoms with E-state index in [0.717, 1.165) is 0 Å². The largest absolute Gasteiger partial charge is 0.350 e. The molecule has 0 unspecified atom stereocenters. The van der Waals surface area contributed by atoms with E-state index in [-0.39, 0.29) is 19.1 Å². The van der Waals surface area contributed by atoms with E-state index in [1.54, 1.807) is 18.3 Å². The quantitative estimate of drug-likeness (QED) is 0.697. The van der Waals surface area contributed by atoms with Crippen molar-refractivity contribution in [2.24, 2.45) is 0 Å². The fraction of sp³-hybridized carbons (Fsp3) is 0.250. The highest BCUT2D eigenvalue weighted by Crippen LogP contribution is 1.93. The predicted molar refractivity (Wildman–Crippen MR) is 42.1 cm³/mol. The van der Waals surface area contributed by atoms with Gasteiger partial charge in [-0.2, -0.15) is 0 Å². The zero-order valence-corrected chi connectivity index (χ0v) is 6.49. The summed E-state index contributed by atoms with van der Waals surface area (Å²) in [7, 11) is 0. The third kappa shape index (κ3) is 2.32. The summed E-state index contributed by atoms with van der Waals surface area (Å²) in [5, 5.41) is 12.5. The summed E-state index contributed by atoms with van der Waals surface area (Å²) in [5.74, 6) is -0.251. The first kappa shape index (κ1) is 8.67. The van der Waals surface area contributed by atoms with Crippen molar-refractivity contribution in [3.63, 3.8) is 0 Å². The van der Waals surface area contributed by atoms with E-state index >= 15 is 0 Å². The Balaban J connectivity index is 2.54. The summed E-state index contributed by atoms with van der Waals surface area (Å²) in [6.07, 6.45) is 3.05. The van der Waals surface area contributed by atoms with Crippen LogP contribution in [0.4, 0.5) is 0 Å². The minimum absolute atomic E-state index is 0.160. The topological polar surface area (TPSA) is 61.9 Å². The summed E-state index contributed by atoms with van der Waals surface area (Å²) in [6.45, 7) is -0.139. The van der Waals surface area contributed by atoms with Gasteiger partial charge in [-0.25, -0.2) is 5.11 Å². The Morgan fingerprint density at radius 3 is 3.00 bits per heavy atom. The van der Waals surface area contributed by atoms with E-state index in [1.165, 1.54) is 6.20 Å². The second-order valence-electron chi connectivity index (χ2n) is 2.20. The fourth-order valence-corrected chi connectivity index (χ4v) is 0.764. The summed E-state index contributed by atoms with van der Waals surface area (Å²) in [5.41, 5.74) is 0.478. The van der Waals surface area contributed by atoms with Crippen LogP contribution in [-0.4, -0.2) is 24.0 Å². The second-order valence-corrected chi connectivity index (χ2v) is 2.20. The van der Waals surface area contributed by atoms with E-state index in [1.807, 2.05) is 0 Å². The molecule has 12 heavy (non-hydrogen) atoms. The number of hydrogen-bond acceptors (Lipinski definition) is 2. The summed E-state index contributed by atoms with van der Waals surface area (Å²) < 4.78 is 0. The Kier molecular flexibility index (Phi) is 3.22. The number of carbonyl (C=O) groups excluding carboxylic acids is 1. The molecule has 4 heteroatoms. The minimum atomic E-state index is -0.300. The highest BCUT2D eigenvalue weighted by molar-refractivity contribution is 5.93. The fourth-order valence-electron chi connectivity index (χ4n) is 0.764. The summed E-state index contributed by atoms with van der Waals surface area (Å²) in [6, 6.07) is 3.32. The molecular formula is C8H9N2O2. The molecule has 0 saturated carbocycles. The van der Waals surface area contributed by atoms with E-state index in [9.17, 15) is 9.90 Å². The van der Waals surface area contributed by atoms with E-state index in [4.69, 9.17) is 0 Å². The first-order valence-corrected chi connectivity index (χ1v) is 3.61. The van der Waals surface area contributed by atoms with Crippen molar-refractivity contribution < 1.29 is 9.90 Å². The molecule has 0 bridgehead atoms. The molecule has 4 nitrogen and oxygen atoms in total. The zero-order chi connectivity index (χ0) is 8.81. The molecule has 1 heterocycles. The number of aromatic nitrogens is 1. The van der Waals surface area contributed by atoms with Crippen molar-refractivity contribution in [2.45, 2.75) is 0 Å². The lowest BCUT2D eigenvalue weighted by Gasteiger charge is -2.00. The van der Waals surface area contributed by atoms with Crippen molar-refractivity contribution in [2.75, 3.05) is 13.2 Å². The average Bonchev–Trinajstić information content (AvgIpc) is 2.15. The third-order valence-electron chi connectivity index (χ3n) is 1.31. The number of carbonyl (C=O) groups is 1. The van der Waals surface area contributed by atoms with E-state index < -0.39 is 0 Å². The molecule has 1 rings (SSSR count). The summed E-state index contributed by atoms with van der Waals surface area (Å²) >= 11 is 0. The van der Waals surface area contributed by atoms with Crippen LogP contribution in [0.15, 0.2) is 24.5 Å². The Labute approximate surface area is 70.3 Å². The number of nitrogens with one attached hydrogen (secondary N) is 1. The van der Waals surface area contributed by atoms with Gasteiger partial charge >= 0.3 is 0 Å². The third-order valence-corrected chi connectivity index (χ3v) is 1.31. The predicted octanol–water partition coefficient (Wildman–Crippen LogP) is 0.242. The van der Waals surface area contributed by atoms with Crippen LogP contribution in [0.25, 0.3) is 0 Å². The maximum atomic E-state index is 11.1. The SMILES string of the molecule is [O]CCNC(=O)c1cccnc1. The van der Waals surface area contributed by atoms with E-state index in [0.29, 0.717) is 5.56 Å². The van der Waals surface area contributed by atoms with Gasteiger partial charge < -0.3 is 5.32 Å². The maximum Gasteiger partial charge on any atom is 0.252 e. The number of pyridine rings is 1. The molecule has 0 aliphatic heterocycles. The van der Waals surface area contributed by atoms with Crippen LogP contribution in [-0.2, 0) is 5.11 Å². The standard InChI is InChI=1S/C8H9N2O2/c11-5-4-10-8(12)7-2-1-3-9-6-7/h1-3,6H,4-5H2,(H,10,12). The first-order valence-electron chi connectivity index (χ1n) is 3.61. The lowest BCUT2D eigenvalue weighted by molar-refractivity contribution is 0.0932. The van der Waals surface area contributed by atoms with Gasteiger partial charge in [0.15, 0.2) is 0 Å². The highest BCUT2D eigenvalue weighted by Gasteiger charge is 2.02. The van der Waals surface area contributed by atoms with Crippen LogP contribution < -0.4 is 5.32 Å². The Bertz CT molecular complexity index is 248. The van der Waals surface area contributed by atoms with Crippen molar-refractivity contribution in [3.05, 3.63) is 30.1 Å². The molecule has 0 aliphatic carbocycles. The molecule has 1 aromatic heterocycles. The van der Waals surface area contributed by atoms with Crippen molar-refractivity contribution in [3.8, 4) is 0 Å². The normalized spacial score (nSPS) is 9.42. The monoisotopic (exact) mass is 165 g/mol. The molecule has 0 saturated heterocycles. The molecule has 1 aromatic rings. The average molecular weight is 165 g/mol. The summed E-state index contributed by atoms with van der Waals surface area (Å²) in [4.78, 5) is 14.9. The molecular weight excluding hydrogens is 156 g/mol. The number of amides is 1. The van der Waals surface area contributed by atoms with Crippen LogP contribution in [0.2, 0.25) is 0 Å². The lowest BCUT2D eigenvalue weighted by atomic mass is 10.3. The molecule has 1 N–H and O–H groups in total. The van der Waals surface area contributed by atoms with Gasteiger partial charge in [0.05, 0.1) is 12.2 Å². The van der Waals surface area contributed by atoms with Gasteiger partial charge in [-0.15, -0.1) is 0 Å². The molecule has 0 fully saturated rings.